The van der Waals surface area contributed by atoms with Gasteiger partial charge in [-0.3, -0.25) is 19.9 Å². The van der Waals surface area contributed by atoms with Gasteiger partial charge in [-0.05, 0) is 31.2 Å². The molecule has 0 radical (unpaired) electrons. The molecule has 0 aliphatic carbocycles. The molecule has 110 valence electrons. The highest BCUT2D eigenvalue weighted by molar-refractivity contribution is 5.73. The number of hydrogen-bond acceptors (Lipinski definition) is 4. The van der Waals surface area contributed by atoms with E-state index in [1.807, 2.05) is 17.2 Å². The molecule has 6 nitrogen and oxygen atoms in total. The molecule has 0 unspecified atom stereocenters. The van der Waals surface area contributed by atoms with Crippen LogP contribution < -0.4 is 0 Å². The van der Waals surface area contributed by atoms with E-state index in [4.69, 9.17) is 0 Å². The number of aromatic nitrogens is 4. The van der Waals surface area contributed by atoms with Crippen LogP contribution in [0, 0.1) is 5.92 Å². The van der Waals surface area contributed by atoms with Crippen LogP contribution >= 0.6 is 0 Å². The van der Waals surface area contributed by atoms with E-state index in [0.717, 1.165) is 49.4 Å². The highest BCUT2D eigenvalue weighted by Gasteiger charge is 2.22. The Bertz CT molecular complexity index is 593. The number of aromatic amines is 1. The molecule has 1 amide bonds. The Morgan fingerprint density at radius 1 is 1.43 bits per heavy atom. The molecule has 21 heavy (non-hydrogen) atoms. The van der Waals surface area contributed by atoms with Crippen molar-refractivity contribution < 1.29 is 4.79 Å². The maximum Gasteiger partial charge on any atom is 0.219 e. The SMILES string of the molecule is CC(=O)N1CCC[C@@H](Cc2cnc(-c3ccn[nH]3)cn2)C1. The molecule has 3 heterocycles. The fraction of sp³-hybridized carbons (Fsp3) is 0.467. The summed E-state index contributed by atoms with van der Waals surface area (Å²) in [7, 11) is 0. The summed E-state index contributed by atoms with van der Waals surface area (Å²) in [5.74, 6) is 0.648. The zero-order chi connectivity index (χ0) is 14.7. The number of nitrogens with zero attached hydrogens (tertiary/aromatic N) is 4. The number of H-pyrrole nitrogens is 1. The van der Waals surface area contributed by atoms with Gasteiger partial charge in [-0.25, -0.2) is 0 Å². The molecule has 1 atom stereocenters. The van der Waals surface area contributed by atoms with Crippen molar-refractivity contribution in [3.05, 3.63) is 30.4 Å². The van der Waals surface area contributed by atoms with Gasteiger partial charge in [0.1, 0.15) is 5.69 Å². The lowest BCUT2D eigenvalue weighted by atomic mass is 9.93. The molecule has 2 aromatic heterocycles. The standard InChI is InChI=1S/C15H19N5O/c1-11(21)20-6-2-3-12(10-20)7-13-8-17-15(9-16-13)14-4-5-18-19-14/h4-5,8-9,12H,2-3,6-7,10H2,1H3,(H,18,19)/t12-/m0/s1. The van der Waals surface area contributed by atoms with Crippen LogP contribution in [0.15, 0.2) is 24.7 Å². The number of likely N-dealkylation sites (tertiary alicyclic amines) is 1. The number of piperidine rings is 1. The van der Waals surface area contributed by atoms with E-state index in [1.165, 1.54) is 0 Å². The second kappa shape index (κ2) is 6.03. The van der Waals surface area contributed by atoms with Crippen molar-refractivity contribution in [3.8, 4) is 11.4 Å². The number of amides is 1. The van der Waals surface area contributed by atoms with Gasteiger partial charge >= 0.3 is 0 Å². The maximum absolute atomic E-state index is 11.5. The first-order valence-corrected chi connectivity index (χ1v) is 7.28. The predicted octanol–water partition coefficient (Wildman–Crippen LogP) is 1.67. The number of carbonyl (C=O) groups is 1. The average Bonchev–Trinajstić information content (AvgIpc) is 3.02. The molecule has 3 rings (SSSR count). The Hall–Kier alpha value is -2.24. The quantitative estimate of drug-likeness (QED) is 0.930. The molecule has 0 spiro atoms. The maximum atomic E-state index is 11.5. The number of carbonyl (C=O) groups excluding carboxylic acids is 1. The zero-order valence-electron chi connectivity index (χ0n) is 12.1. The Morgan fingerprint density at radius 3 is 3.00 bits per heavy atom. The van der Waals surface area contributed by atoms with E-state index in [2.05, 4.69) is 20.2 Å². The lowest BCUT2D eigenvalue weighted by Crippen LogP contribution is -2.39. The lowest BCUT2D eigenvalue weighted by Gasteiger charge is -2.31. The molecule has 0 saturated carbocycles. The fourth-order valence-corrected chi connectivity index (χ4v) is 2.81. The van der Waals surface area contributed by atoms with Gasteiger partial charge in [0.2, 0.25) is 5.91 Å². The van der Waals surface area contributed by atoms with Crippen LogP contribution in [0.5, 0.6) is 0 Å². The molecule has 1 N–H and O–H groups in total. The van der Waals surface area contributed by atoms with E-state index >= 15 is 0 Å². The first-order valence-electron chi connectivity index (χ1n) is 7.28. The Labute approximate surface area is 123 Å². The third kappa shape index (κ3) is 3.26. The zero-order valence-corrected chi connectivity index (χ0v) is 12.1. The number of nitrogens with one attached hydrogen (secondary N) is 1. The molecular formula is C15H19N5O. The Morgan fingerprint density at radius 2 is 2.33 bits per heavy atom. The van der Waals surface area contributed by atoms with E-state index < -0.39 is 0 Å². The van der Waals surface area contributed by atoms with Gasteiger partial charge in [0, 0.05) is 32.4 Å². The molecule has 2 aromatic rings. The van der Waals surface area contributed by atoms with Gasteiger partial charge in [0.15, 0.2) is 0 Å². The van der Waals surface area contributed by atoms with Crippen LogP contribution in [0.3, 0.4) is 0 Å². The van der Waals surface area contributed by atoms with E-state index in [-0.39, 0.29) is 5.91 Å². The largest absolute Gasteiger partial charge is 0.343 e. The minimum Gasteiger partial charge on any atom is -0.343 e. The highest BCUT2D eigenvalue weighted by atomic mass is 16.2. The van der Waals surface area contributed by atoms with Crippen molar-refractivity contribution in [1.29, 1.82) is 0 Å². The average molecular weight is 285 g/mol. The molecular weight excluding hydrogens is 266 g/mol. The minimum atomic E-state index is 0.167. The third-order valence-electron chi connectivity index (χ3n) is 3.94. The summed E-state index contributed by atoms with van der Waals surface area (Å²) in [6, 6.07) is 1.87. The Kier molecular flexibility index (Phi) is 3.94. The van der Waals surface area contributed by atoms with Crippen LogP contribution in [0.2, 0.25) is 0 Å². The Balaban J connectivity index is 1.64. The molecule has 0 aromatic carbocycles. The molecule has 1 aliphatic rings. The van der Waals surface area contributed by atoms with Gasteiger partial charge in [0.05, 0.1) is 17.6 Å². The topological polar surface area (TPSA) is 74.8 Å². The van der Waals surface area contributed by atoms with Crippen LogP contribution in [0.4, 0.5) is 0 Å². The summed E-state index contributed by atoms with van der Waals surface area (Å²) in [5.41, 5.74) is 2.65. The van der Waals surface area contributed by atoms with Gasteiger partial charge in [0.25, 0.3) is 0 Å². The highest BCUT2D eigenvalue weighted by Crippen LogP contribution is 2.20. The summed E-state index contributed by atoms with van der Waals surface area (Å²) < 4.78 is 0. The van der Waals surface area contributed by atoms with E-state index in [0.29, 0.717) is 5.92 Å². The second-order valence-electron chi connectivity index (χ2n) is 5.54. The number of hydrogen-bond donors (Lipinski definition) is 1. The first kappa shape index (κ1) is 13.7. The molecule has 1 saturated heterocycles. The lowest BCUT2D eigenvalue weighted by molar-refractivity contribution is -0.130. The fourth-order valence-electron chi connectivity index (χ4n) is 2.81. The van der Waals surface area contributed by atoms with Crippen LogP contribution in [0.25, 0.3) is 11.4 Å². The first-order chi connectivity index (χ1) is 10.2. The summed E-state index contributed by atoms with van der Waals surface area (Å²) in [4.78, 5) is 22.3. The predicted molar refractivity (Wildman–Crippen MR) is 78.3 cm³/mol. The van der Waals surface area contributed by atoms with Crippen molar-refractivity contribution in [1.82, 2.24) is 25.1 Å². The minimum absolute atomic E-state index is 0.167. The molecule has 1 aliphatic heterocycles. The second-order valence-corrected chi connectivity index (χ2v) is 5.54. The smallest absolute Gasteiger partial charge is 0.219 e. The van der Waals surface area contributed by atoms with Crippen LogP contribution in [-0.4, -0.2) is 44.1 Å². The van der Waals surface area contributed by atoms with Gasteiger partial charge < -0.3 is 4.90 Å². The summed E-state index contributed by atoms with van der Waals surface area (Å²) in [6.07, 6.45) is 8.39. The van der Waals surface area contributed by atoms with Gasteiger partial charge in [-0.15, -0.1) is 0 Å². The molecule has 0 bridgehead atoms. The normalized spacial score (nSPS) is 18.7. The van der Waals surface area contributed by atoms with Crippen molar-refractivity contribution in [3.63, 3.8) is 0 Å². The van der Waals surface area contributed by atoms with E-state index in [1.54, 1.807) is 19.3 Å². The summed E-state index contributed by atoms with van der Waals surface area (Å²) in [6.45, 7) is 3.36. The summed E-state index contributed by atoms with van der Waals surface area (Å²) >= 11 is 0. The van der Waals surface area contributed by atoms with Gasteiger partial charge in [-0.1, -0.05) is 0 Å². The third-order valence-corrected chi connectivity index (χ3v) is 3.94. The summed E-state index contributed by atoms with van der Waals surface area (Å²) in [5, 5.41) is 6.79. The van der Waals surface area contributed by atoms with Crippen LogP contribution in [-0.2, 0) is 11.2 Å². The molecule has 6 heteroatoms. The monoisotopic (exact) mass is 285 g/mol. The van der Waals surface area contributed by atoms with E-state index in [9.17, 15) is 4.79 Å². The van der Waals surface area contributed by atoms with Crippen molar-refractivity contribution in [2.75, 3.05) is 13.1 Å². The number of rotatable bonds is 3. The van der Waals surface area contributed by atoms with Crippen LogP contribution in [0.1, 0.15) is 25.5 Å². The van der Waals surface area contributed by atoms with Crippen molar-refractivity contribution >= 4 is 5.91 Å². The van der Waals surface area contributed by atoms with Crippen molar-refractivity contribution in [2.45, 2.75) is 26.2 Å². The van der Waals surface area contributed by atoms with Crippen molar-refractivity contribution in [2.24, 2.45) is 5.92 Å². The molecule has 1 fully saturated rings. The van der Waals surface area contributed by atoms with Gasteiger partial charge in [-0.2, -0.15) is 5.10 Å².